The molecular weight excluding hydrogens is 458 g/mol. The molecule has 5 heterocycles. The van der Waals surface area contributed by atoms with Gasteiger partial charge in [0.05, 0.1) is 28.5 Å². The minimum Gasteiger partial charge on any atom is -0.373 e. The van der Waals surface area contributed by atoms with E-state index in [-0.39, 0.29) is 12.1 Å². The molecule has 0 aromatic carbocycles. The van der Waals surface area contributed by atoms with Crippen molar-refractivity contribution in [2.75, 3.05) is 33.2 Å². The Morgan fingerprint density at radius 2 is 1.78 bits per heavy atom. The summed E-state index contributed by atoms with van der Waals surface area (Å²) < 4.78 is 4.60. The van der Waals surface area contributed by atoms with Gasteiger partial charge in [0.15, 0.2) is 0 Å². The third-order valence-electron chi connectivity index (χ3n) is 7.63. The van der Waals surface area contributed by atoms with Crippen molar-refractivity contribution in [3.8, 4) is 11.3 Å². The third-order valence-corrected chi connectivity index (χ3v) is 7.63. The lowest BCUT2D eigenvalue weighted by Crippen LogP contribution is -2.43. The van der Waals surface area contributed by atoms with Crippen LogP contribution in [0, 0.1) is 0 Å². The van der Waals surface area contributed by atoms with Crippen molar-refractivity contribution in [3.63, 3.8) is 0 Å². The summed E-state index contributed by atoms with van der Waals surface area (Å²) in [5.74, 6) is 1.42. The van der Waals surface area contributed by atoms with Crippen LogP contribution in [0.5, 0.6) is 0 Å². The van der Waals surface area contributed by atoms with Gasteiger partial charge in [-0.15, -0.1) is 0 Å². The van der Waals surface area contributed by atoms with E-state index in [0.29, 0.717) is 5.92 Å². The predicted octanol–water partition coefficient (Wildman–Crippen LogP) is 5.74. The summed E-state index contributed by atoms with van der Waals surface area (Å²) in [6.07, 6.45) is 9.02. The van der Waals surface area contributed by atoms with Gasteiger partial charge in [-0.3, -0.25) is 9.97 Å². The Bertz CT molecular complexity index is 1360. The van der Waals surface area contributed by atoms with Crippen LogP contribution < -0.4 is 0 Å². The molecule has 4 aromatic heterocycles. The number of nitrogens with zero attached hydrogens (tertiary/aromatic N) is 7. The third kappa shape index (κ3) is 5.18. The maximum atomic E-state index is 5.11. The molecule has 0 saturated carbocycles. The van der Waals surface area contributed by atoms with E-state index in [1.165, 1.54) is 5.70 Å². The van der Waals surface area contributed by atoms with E-state index in [9.17, 15) is 0 Å². The number of pyridine rings is 2. The first kappa shape index (κ1) is 25.2. The molecule has 0 aliphatic carbocycles. The standard InChI is InChI=1S/C30H39N7/c1-21(2)30-33-28(20-37(30)23(4)17-22(3)35-15-13-34(6)14-16-35)25-18-29-27(32-19-25)10-12-36(29)24(5)26-9-7-8-11-31-26/h7-12,18-21,23-24H,3,13-17H2,1-2,4-6H3. The molecule has 37 heavy (non-hydrogen) atoms. The molecule has 1 fully saturated rings. The second-order valence-corrected chi connectivity index (χ2v) is 10.7. The number of hydrogen-bond donors (Lipinski definition) is 0. The Balaban J connectivity index is 1.43. The van der Waals surface area contributed by atoms with Gasteiger partial charge in [-0.05, 0) is 45.2 Å². The van der Waals surface area contributed by atoms with Crippen LogP contribution in [0.1, 0.15) is 63.6 Å². The fourth-order valence-corrected chi connectivity index (χ4v) is 5.29. The van der Waals surface area contributed by atoms with Crippen LogP contribution in [0.4, 0.5) is 0 Å². The highest BCUT2D eigenvalue weighted by atomic mass is 15.3. The van der Waals surface area contributed by atoms with Crippen LogP contribution in [0.25, 0.3) is 22.3 Å². The SMILES string of the molecule is C=C(CC(C)n1cc(-c2cnc3ccn(C(C)c4ccccn4)c3c2)nc1C(C)C)N1CCN(C)CC1. The first-order chi connectivity index (χ1) is 17.8. The molecule has 0 bridgehead atoms. The van der Waals surface area contributed by atoms with Crippen LogP contribution in [-0.2, 0) is 0 Å². The van der Waals surface area contributed by atoms with Crippen LogP contribution in [0.15, 0.2) is 67.4 Å². The van der Waals surface area contributed by atoms with Gasteiger partial charge in [0.2, 0.25) is 0 Å². The topological polar surface area (TPSA) is 55.0 Å². The molecule has 1 aliphatic rings. The van der Waals surface area contributed by atoms with Crippen molar-refractivity contribution in [1.82, 2.24) is 33.9 Å². The summed E-state index contributed by atoms with van der Waals surface area (Å²) in [6.45, 7) is 17.6. The van der Waals surface area contributed by atoms with Gasteiger partial charge >= 0.3 is 0 Å². The molecule has 0 N–H and O–H groups in total. The quantitative estimate of drug-likeness (QED) is 0.311. The lowest BCUT2D eigenvalue weighted by atomic mass is 10.1. The maximum absolute atomic E-state index is 5.11. The second kappa shape index (κ2) is 10.5. The average molecular weight is 498 g/mol. The zero-order valence-electron chi connectivity index (χ0n) is 22.8. The Morgan fingerprint density at radius 1 is 1.00 bits per heavy atom. The predicted molar refractivity (Wildman–Crippen MR) is 151 cm³/mol. The number of likely N-dealkylation sites (N-methyl/N-ethyl adjacent to an activating group) is 1. The lowest BCUT2D eigenvalue weighted by molar-refractivity contribution is 0.179. The van der Waals surface area contributed by atoms with Crippen LogP contribution in [0.2, 0.25) is 0 Å². The maximum Gasteiger partial charge on any atom is 0.112 e. The number of imidazole rings is 1. The van der Waals surface area contributed by atoms with E-state index >= 15 is 0 Å². The summed E-state index contributed by atoms with van der Waals surface area (Å²) in [5.41, 5.74) is 6.32. The Kier molecular flexibility index (Phi) is 7.15. The lowest BCUT2D eigenvalue weighted by Gasteiger charge is -2.36. The Hall–Kier alpha value is -3.45. The van der Waals surface area contributed by atoms with Crippen LogP contribution >= 0.6 is 0 Å². The van der Waals surface area contributed by atoms with E-state index < -0.39 is 0 Å². The molecule has 2 atom stereocenters. The molecule has 2 unspecified atom stereocenters. The zero-order valence-corrected chi connectivity index (χ0v) is 22.8. The van der Waals surface area contributed by atoms with Crippen molar-refractivity contribution in [2.45, 2.75) is 52.1 Å². The van der Waals surface area contributed by atoms with Gasteiger partial charge in [-0.25, -0.2) is 4.98 Å². The van der Waals surface area contributed by atoms with Crippen molar-refractivity contribution in [1.29, 1.82) is 0 Å². The molecular formula is C30H39N7. The number of aromatic nitrogens is 5. The van der Waals surface area contributed by atoms with Gasteiger partial charge in [0.25, 0.3) is 0 Å². The zero-order chi connectivity index (χ0) is 26.1. The summed E-state index contributed by atoms with van der Waals surface area (Å²) in [5, 5.41) is 0. The van der Waals surface area contributed by atoms with Crippen LogP contribution in [0.3, 0.4) is 0 Å². The number of hydrogen-bond acceptors (Lipinski definition) is 5. The van der Waals surface area contributed by atoms with E-state index in [2.05, 4.69) is 95.8 Å². The summed E-state index contributed by atoms with van der Waals surface area (Å²) in [7, 11) is 2.19. The molecule has 194 valence electrons. The largest absolute Gasteiger partial charge is 0.373 e. The number of fused-ring (bicyclic) bond motifs is 1. The van der Waals surface area contributed by atoms with Gasteiger partial charge in [-0.2, -0.15) is 0 Å². The van der Waals surface area contributed by atoms with Crippen LogP contribution in [-0.4, -0.2) is 67.1 Å². The monoisotopic (exact) mass is 497 g/mol. The van der Waals surface area contributed by atoms with Gasteiger partial charge in [-0.1, -0.05) is 26.5 Å². The molecule has 5 rings (SSSR count). The van der Waals surface area contributed by atoms with Crippen molar-refractivity contribution in [2.24, 2.45) is 0 Å². The fraction of sp³-hybridized carbons (Fsp3) is 0.433. The molecule has 7 nitrogen and oxygen atoms in total. The molecule has 0 spiro atoms. The van der Waals surface area contributed by atoms with E-state index in [0.717, 1.165) is 66.4 Å². The molecule has 7 heteroatoms. The summed E-state index contributed by atoms with van der Waals surface area (Å²) in [6, 6.07) is 10.7. The summed E-state index contributed by atoms with van der Waals surface area (Å²) in [4.78, 5) is 19.3. The van der Waals surface area contributed by atoms with Crippen molar-refractivity contribution >= 4 is 11.0 Å². The Labute approximate surface area is 220 Å². The van der Waals surface area contributed by atoms with E-state index in [1.807, 2.05) is 24.5 Å². The van der Waals surface area contributed by atoms with Gasteiger partial charge in [0.1, 0.15) is 5.82 Å². The molecule has 1 saturated heterocycles. The highest BCUT2D eigenvalue weighted by molar-refractivity contribution is 5.81. The van der Waals surface area contributed by atoms with Gasteiger partial charge in [0, 0.05) is 80.6 Å². The fourth-order valence-electron chi connectivity index (χ4n) is 5.29. The smallest absolute Gasteiger partial charge is 0.112 e. The minimum atomic E-state index is 0.111. The number of allylic oxidation sites excluding steroid dienone is 1. The number of rotatable bonds is 8. The molecule has 0 amide bonds. The molecule has 1 aliphatic heterocycles. The normalized spacial score (nSPS) is 16.4. The molecule has 0 radical (unpaired) electrons. The van der Waals surface area contributed by atoms with Gasteiger partial charge < -0.3 is 18.9 Å². The highest BCUT2D eigenvalue weighted by Gasteiger charge is 2.21. The molecule has 4 aromatic rings. The first-order valence-electron chi connectivity index (χ1n) is 13.4. The van der Waals surface area contributed by atoms with Crippen molar-refractivity contribution < 1.29 is 0 Å². The average Bonchev–Trinajstić information content (AvgIpc) is 3.54. The highest BCUT2D eigenvalue weighted by Crippen LogP contribution is 2.31. The summed E-state index contributed by atoms with van der Waals surface area (Å²) >= 11 is 0. The van der Waals surface area contributed by atoms with E-state index in [1.54, 1.807) is 0 Å². The second-order valence-electron chi connectivity index (χ2n) is 10.7. The number of piperazine rings is 1. The first-order valence-corrected chi connectivity index (χ1v) is 13.4. The Morgan fingerprint density at radius 3 is 2.49 bits per heavy atom. The van der Waals surface area contributed by atoms with E-state index in [4.69, 9.17) is 9.97 Å². The van der Waals surface area contributed by atoms with Crippen molar-refractivity contribution in [3.05, 3.63) is 78.9 Å². The minimum absolute atomic E-state index is 0.111.